The van der Waals surface area contributed by atoms with Crippen LogP contribution in [0.4, 0.5) is 0 Å². The molecule has 0 aromatic rings. The van der Waals surface area contributed by atoms with Gasteiger partial charge in [0.15, 0.2) is 0 Å². The summed E-state index contributed by atoms with van der Waals surface area (Å²) in [6.45, 7) is 11.5. The maximum Gasteiger partial charge on any atom is 0.329 e. The molecule has 0 rings (SSSR count). The highest BCUT2D eigenvalue weighted by atomic mass is 16.6. The van der Waals surface area contributed by atoms with Crippen LogP contribution in [0.3, 0.4) is 0 Å². The lowest BCUT2D eigenvalue weighted by Crippen LogP contribution is -2.44. The van der Waals surface area contributed by atoms with Gasteiger partial charge < -0.3 is 20.5 Å². The van der Waals surface area contributed by atoms with E-state index in [1.165, 1.54) is 32.1 Å². The Bertz CT molecular complexity index is 550. The predicted octanol–water partition coefficient (Wildman–Crippen LogP) is 4.79. The van der Waals surface area contributed by atoms with E-state index in [1.807, 2.05) is 0 Å². The Morgan fingerprint density at radius 2 is 1.19 bits per heavy atom. The zero-order valence-electron chi connectivity index (χ0n) is 21.4. The summed E-state index contributed by atoms with van der Waals surface area (Å²) in [5.74, 6) is -1.11. The fourth-order valence-electron chi connectivity index (χ4n) is 3.21. The standard InChI is InChI=1S/C25H48N2O5/c1-24(2,3)31-22(29)18-17-20(23(30)32-25(4,5)6)27-21(28)16-14-12-10-8-7-9-11-13-15-19-26/h20H,7-19,26H2,1-6H3,(H,27,28)/t20-/m0/s1. The lowest BCUT2D eigenvalue weighted by molar-refractivity contribution is -0.160. The molecule has 0 radical (unpaired) electrons. The first kappa shape index (κ1) is 30.4. The first-order chi connectivity index (χ1) is 14.8. The summed E-state index contributed by atoms with van der Waals surface area (Å²) in [6, 6.07) is -0.859. The van der Waals surface area contributed by atoms with Crippen LogP contribution in [0.5, 0.6) is 0 Å². The van der Waals surface area contributed by atoms with E-state index in [-0.39, 0.29) is 18.7 Å². The van der Waals surface area contributed by atoms with E-state index < -0.39 is 29.2 Å². The normalized spacial score (nSPS) is 12.8. The highest BCUT2D eigenvalue weighted by Crippen LogP contribution is 2.14. The number of unbranched alkanes of at least 4 members (excludes halogenated alkanes) is 8. The number of amides is 1. The van der Waals surface area contributed by atoms with E-state index in [9.17, 15) is 14.4 Å². The highest BCUT2D eigenvalue weighted by Gasteiger charge is 2.28. The topological polar surface area (TPSA) is 108 Å². The predicted molar refractivity (Wildman–Crippen MR) is 128 cm³/mol. The second kappa shape index (κ2) is 16.1. The quantitative estimate of drug-likeness (QED) is 0.255. The summed E-state index contributed by atoms with van der Waals surface area (Å²) in [5, 5.41) is 2.76. The zero-order chi connectivity index (χ0) is 24.6. The molecule has 32 heavy (non-hydrogen) atoms. The van der Waals surface area contributed by atoms with Gasteiger partial charge in [0.05, 0.1) is 0 Å². The molecule has 0 aliphatic carbocycles. The Hall–Kier alpha value is -1.63. The van der Waals surface area contributed by atoms with Gasteiger partial charge in [-0.05, 0) is 67.3 Å². The van der Waals surface area contributed by atoms with Gasteiger partial charge in [0, 0.05) is 12.8 Å². The number of rotatable bonds is 16. The van der Waals surface area contributed by atoms with Crippen molar-refractivity contribution in [3.8, 4) is 0 Å². The number of ether oxygens (including phenoxy) is 2. The van der Waals surface area contributed by atoms with Gasteiger partial charge in [-0.1, -0.05) is 44.9 Å². The molecule has 0 bridgehead atoms. The molecular weight excluding hydrogens is 408 g/mol. The Labute approximate surface area is 195 Å². The van der Waals surface area contributed by atoms with Crippen molar-refractivity contribution in [2.45, 2.75) is 136 Å². The van der Waals surface area contributed by atoms with Crippen LogP contribution in [-0.2, 0) is 23.9 Å². The molecule has 1 atom stereocenters. The van der Waals surface area contributed by atoms with Crippen molar-refractivity contribution in [2.24, 2.45) is 5.73 Å². The van der Waals surface area contributed by atoms with Gasteiger partial charge >= 0.3 is 11.9 Å². The van der Waals surface area contributed by atoms with Gasteiger partial charge in [-0.25, -0.2) is 4.79 Å². The van der Waals surface area contributed by atoms with Gasteiger partial charge in [-0.2, -0.15) is 0 Å². The zero-order valence-corrected chi connectivity index (χ0v) is 21.4. The van der Waals surface area contributed by atoms with E-state index in [2.05, 4.69) is 5.32 Å². The fourth-order valence-corrected chi connectivity index (χ4v) is 3.21. The van der Waals surface area contributed by atoms with Crippen molar-refractivity contribution in [1.82, 2.24) is 5.32 Å². The average Bonchev–Trinajstić information content (AvgIpc) is 2.63. The van der Waals surface area contributed by atoms with Crippen LogP contribution < -0.4 is 11.1 Å². The minimum atomic E-state index is -0.859. The van der Waals surface area contributed by atoms with Crippen molar-refractivity contribution in [3.05, 3.63) is 0 Å². The maximum atomic E-state index is 12.5. The van der Waals surface area contributed by atoms with E-state index in [0.717, 1.165) is 32.2 Å². The number of esters is 2. The molecule has 0 spiro atoms. The third kappa shape index (κ3) is 19.1. The van der Waals surface area contributed by atoms with Gasteiger partial charge in [0.25, 0.3) is 0 Å². The van der Waals surface area contributed by atoms with Crippen LogP contribution >= 0.6 is 0 Å². The SMILES string of the molecule is CC(C)(C)OC(=O)CC[C@H](NC(=O)CCCCCCCCCCCN)C(=O)OC(C)(C)C. The molecule has 0 aliphatic heterocycles. The van der Waals surface area contributed by atoms with Crippen LogP contribution in [0.1, 0.15) is 119 Å². The summed E-state index contributed by atoms with van der Waals surface area (Å²) in [7, 11) is 0. The summed E-state index contributed by atoms with van der Waals surface area (Å²) in [4.78, 5) is 37.0. The molecule has 7 heteroatoms. The van der Waals surface area contributed by atoms with Crippen molar-refractivity contribution >= 4 is 17.8 Å². The first-order valence-electron chi connectivity index (χ1n) is 12.3. The molecule has 7 nitrogen and oxygen atoms in total. The second-order valence-electron chi connectivity index (χ2n) is 10.5. The second-order valence-corrected chi connectivity index (χ2v) is 10.5. The number of nitrogens with two attached hydrogens (primary N) is 1. The van der Waals surface area contributed by atoms with Gasteiger partial charge in [0.2, 0.25) is 5.91 Å². The Morgan fingerprint density at radius 3 is 1.66 bits per heavy atom. The Morgan fingerprint density at radius 1 is 0.719 bits per heavy atom. The molecule has 3 N–H and O–H groups in total. The largest absolute Gasteiger partial charge is 0.460 e. The Kier molecular flexibility index (Phi) is 15.2. The lowest BCUT2D eigenvalue weighted by atomic mass is 10.1. The molecule has 0 saturated carbocycles. The van der Waals surface area contributed by atoms with Crippen molar-refractivity contribution < 1.29 is 23.9 Å². The van der Waals surface area contributed by atoms with Crippen molar-refractivity contribution in [3.63, 3.8) is 0 Å². The molecular formula is C25H48N2O5. The number of hydrogen-bond acceptors (Lipinski definition) is 6. The van der Waals surface area contributed by atoms with Crippen LogP contribution in [-0.4, -0.2) is 41.6 Å². The van der Waals surface area contributed by atoms with E-state index in [1.54, 1.807) is 41.5 Å². The van der Waals surface area contributed by atoms with E-state index in [0.29, 0.717) is 6.42 Å². The van der Waals surface area contributed by atoms with Crippen LogP contribution in [0.25, 0.3) is 0 Å². The first-order valence-corrected chi connectivity index (χ1v) is 12.3. The summed E-state index contributed by atoms with van der Waals surface area (Å²) in [5.41, 5.74) is 4.23. The summed E-state index contributed by atoms with van der Waals surface area (Å²) in [6.07, 6.45) is 10.7. The van der Waals surface area contributed by atoms with Crippen molar-refractivity contribution in [1.29, 1.82) is 0 Å². The minimum Gasteiger partial charge on any atom is -0.460 e. The third-order valence-corrected chi connectivity index (χ3v) is 4.69. The van der Waals surface area contributed by atoms with Crippen LogP contribution in [0.2, 0.25) is 0 Å². The van der Waals surface area contributed by atoms with Crippen molar-refractivity contribution in [2.75, 3.05) is 6.54 Å². The highest BCUT2D eigenvalue weighted by molar-refractivity contribution is 5.85. The Balaban J connectivity index is 4.36. The number of nitrogens with one attached hydrogen (secondary N) is 1. The van der Waals surface area contributed by atoms with Gasteiger partial charge in [0.1, 0.15) is 17.2 Å². The molecule has 188 valence electrons. The molecule has 1 amide bonds. The molecule has 0 heterocycles. The summed E-state index contributed by atoms with van der Waals surface area (Å²) >= 11 is 0. The number of carbonyl (C=O) groups is 3. The van der Waals surface area contributed by atoms with Crippen LogP contribution in [0, 0.1) is 0 Å². The molecule has 0 fully saturated rings. The molecule has 0 aromatic heterocycles. The van der Waals surface area contributed by atoms with Crippen LogP contribution in [0.15, 0.2) is 0 Å². The average molecular weight is 457 g/mol. The molecule has 0 saturated heterocycles. The summed E-state index contributed by atoms with van der Waals surface area (Å²) < 4.78 is 10.7. The van der Waals surface area contributed by atoms with E-state index >= 15 is 0 Å². The van der Waals surface area contributed by atoms with Gasteiger partial charge in [-0.15, -0.1) is 0 Å². The fraction of sp³-hybridized carbons (Fsp3) is 0.880. The smallest absolute Gasteiger partial charge is 0.329 e. The lowest BCUT2D eigenvalue weighted by Gasteiger charge is -2.25. The minimum absolute atomic E-state index is 0.0345. The molecule has 0 aliphatic rings. The number of carbonyl (C=O) groups excluding carboxylic acids is 3. The van der Waals surface area contributed by atoms with Gasteiger partial charge in [-0.3, -0.25) is 9.59 Å². The van der Waals surface area contributed by atoms with E-state index in [4.69, 9.17) is 15.2 Å². The monoisotopic (exact) mass is 456 g/mol. The number of hydrogen-bond donors (Lipinski definition) is 2. The third-order valence-electron chi connectivity index (χ3n) is 4.69. The molecule has 0 aromatic carbocycles. The maximum absolute atomic E-state index is 12.5. The molecule has 0 unspecified atom stereocenters.